The molecule has 0 aliphatic carbocycles. The van der Waals surface area contributed by atoms with Crippen LogP contribution in [0.3, 0.4) is 0 Å². The first-order valence-electron chi connectivity index (χ1n) is 5.62. The summed E-state index contributed by atoms with van der Waals surface area (Å²) < 4.78 is 36.7. The zero-order valence-corrected chi connectivity index (χ0v) is 9.48. The van der Waals surface area contributed by atoms with Crippen molar-refractivity contribution in [2.75, 3.05) is 6.61 Å². The summed E-state index contributed by atoms with van der Waals surface area (Å²) in [4.78, 5) is 0. The largest absolute Gasteiger partial charge is 0.396 e. The summed E-state index contributed by atoms with van der Waals surface area (Å²) in [6.45, 7) is 3.57. The Balaban J connectivity index is 4.30. The molecule has 0 aliphatic heterocycles. The maximum Gasteiger partial charge on any atom is 0.389 e. The van der Waals surface area contributed by atoms with Crippen molar-refractivity contribution in [2.45, 2.75) is 52.1 Å². The lowest BCUT2D eigenvalue weighted by Gasteiger charge is -2.25. The van der Waals surface area contributed by atoms with E-state index >= 15 is 0 Å². The minimum absolute atomic E-state index is 0.00613. The molecule has 0 aromatic rings. The van der Waals surface area contributed by atoms with Crippen molar-refractivity contribution in [3.8, 4) is 0 Å². The number of halogens is 3. The Labute approximate surface area is 89.7 Å². The molecule has 4 heteroatoms. The molecular formula is C11H21F3O. The molecule has 1 nitrogen and oxygen atoms in total. The molecule has 15 heavy (non-hydrogen) atoms. The molecule has 1 unspecified atom stereocenters. The van der Waals surface area contributed by atoms with Crippen molar-refractivity contribution in [2.24, 2.45) is 11.8 Å². The van der Waals surface area contributed by atoms with Crippen molar-refractivity contribution in [1.82, 2.24) is 0 Å². The minimum atomic E-state index is -4.16. The van der Waals surface area contributed by atoms with Gasteiger partial charge >= 0.3 is 6.18 Å². The lowest BCUT2D eigenvalue weighted by atomic mass is 9.83. The zero-order chi connectivity index (χ0) is 11.9. The monoisotopic (exact) mass is 226 g/mol. The molecule has 0 fully saturated rings. The third-order valence-corrected chi connectivity index (χ3v) is 2.71. The van der Waals surface area contributed by atoms with E-state index in [1.165, 1.54) is 0 Å². The summed E-state index contributed by atoms with van der Waals surface area (Å²) in [7, 11) is 0. The first kappa shape index (κ1) is 14.8. The number of alkyl halides is 3. The predicted octanol–water partition coefficient (Wildman–Crippen LogP) is 3.76. The standard InChI is InChI=1S/C11H21F3O/c1-3-5-9(6-4-2)10(8-15)7-11(12,13)14/h9-10,15H,3-8H2,1-2H3. The van der Waals surface area contributed by atoms with Crippen LogP contribution in [-0.2, 0) is 0 Å². The molecule has 0 bridgehead atoms. The van der Waals surface area contributed by atoms with E-state index in [2.05, 4.69) is 0 Å². The Morgan fingerprint density at radius 3 is 1.73 bits per heavy atom. The summed E-state index contributed by atoms with van der Waals surface area (Å²) in [6.07, 6.45) is -1.72. The molecule has 92 valence electrons. The maximum atomic E-state index is 12.2. The SMILES string of the molecule is CCCC(CCC)C(CO)CC(F)(F)F. The van der Waals surface area contributed by atoms with E-state index in [1.54, 1.807) is 0 Å². The number of hydrogen-bond acceptors (Lipinski definition) is 1. The summed E-state index contributed by atoms with van der Waals surface area (Å²) in [6, 6.07) is 0. The number of rotatable bonds is 7. The Hall–Kier alpha value is -0.250. The highest BCUT2D eigenvalue weighted by Gasteiger charge is 2.34. The van der Waals surface area contributed by atoms with Crippen molar-refractivity contribution in [3.63, 3.8) is 0 Å². The van der Waals surface area contributed by atoms with Crippen molar-refractivity contribution >= 4 is 0 Å². The lowest BCUT2D eigenvalue weighted by molar-refractivity contribution is -0.152. The van der Waals surface area contributed by atoms with Gasteiger partial charge in [-0.1, -0.05) is 39.5 Å². The topological polar surface area (TPSA) is 20.2 Å². The van der Waals surface area contributed by atoms with Gasteiger partial charge in [-0.05, 0) is 11.8 Å². The summed E-state index contributed by atoms with van der Waals surface area (Å²) in [5, 5.41) is 9.01. The van der Waals surface area contributed by atoms with E-state index in [0.29, 0.717) is 0 Å². The van der Waals surface area contributed by atoms with Gasteiger partial charge < -0.3 is 5.11 Å². The molecule has 0 spiro atoms. The summed E-state index contributed by atoms with van der Waals surface area (Å²) in [5.41, 5.74) is 0. The molecule has 0 aliphatic rings. The molecule has 0 amide bonds. The average Bonchev–Trinajstić information content (AvgIpc) is 2.12. The molecule has 1 atom stereocenters. The summed E-state index contributed by atoms with van der Waals surface area (Å²) >= 11 is 0. The van der Waals surface area contributed by atoms with E-state index in [0.717, 1.165) is 25.7 Å². The van der Waals surface area contributed by atoms with E-state index < -0.39 is 18.5 Å². The molecule has 0 heterocycles. The van der Waals surface area contributed by atoms with Gasteiger partial charge in [0.15, 0.2) is 0 Å². The Morgan fingerprint density at radius 1 is 1.00 bits per heavy atom. The van der Waals surface area contributed by atoms with Gasteiger partial charge in [0.25, 0.3) is 0 Å². The number of aliphatic hydroxyl groups excluding tert-OH is 1. The van der Waals surface area contributed by atoms with Crippen LogP contribution >= 0.6 is 0 Å². The molecule has 0 aromatic carbocycles. The van der Waals surface area contributed by atoms with Gasteiger partial charge in [-0.15, -0.1) is 0 Å². The van der Waals surface area contributed by atoms with Crippen LogP contribution in [0.25, 0.3) is 0 Å². The molecule has 0 aromatic heterocycles. The van der Waals surface area contributed by atoms with Crippen LogP contribution < -0.4 is 0 Å². The molecule has 0 rings (SSSR count). The highest BCUT2D eigenvalue weighted by molar-refractivity contribution is 4.72. The third-order valence-electron chi connectivity index (χ3n) is 2.71. The van der Waals surface area contributed by atoms with Gasteiger partial charge in [0.1, 0.15) is 0 Å². The van der Waals surface area contributed by atoms with Gasteiger partial charge in [-0.2, -0.15) is 13.2 Å². The van der Waals surface area contributed by atoms with Gasteiger partial charge in [0.2, 0.25) is 0 Å². The van der Waals surface area contributed by atoms with Crippen LogP contribution in [0.4, 0.5) is 13.2 Å². The second-order valence-corrected chi connectivity index (χ2v) is 4.10. The second-order valence-electron chi connectivity index (χ2n) is 4.10. The van der Waals surface area contributed by atoms with Crippen LogP contribution in [0.15, 0.2) is 0 Å². The Kier molecular flexibility index (Phi) is 6.98. The van der Waals surface area contributed by atoms with Crippen LogP contribution in [0.2, 0.25) is 0 Å². The second kappa shape index (κ2) is 7.09. The number of aliphatic hydroxyl groups is 1. The van der Waals surface area contributed by atoms with Crippen molar-refractivity contribution < 1.29 is 18.3 Å². The maximum absolute atomic E-state index is 12.2. The Morgan fingerprint density at radius 2 is 1.47 bits per heavy atom. The molecule has 0 radical (unpaired) electrons. The fraction of sp³-hybridized carbons (Fsp3) is 1.00. The van der Waals surface area contributed by atoms with E-state index in [4.69, 9.17) is 5.11 Å². The first-order valence-corrected chi connectivity index (χ1v) is 5.62. The highest BCUT2D eigenvalue weighted by atomic mass is 19.4. The molecular weight excluding hydrogens is 205 g/mol. The fourth-order valence-corrected chi connectivity index (χ4v) is 2.03. The normalized spacial score (nSPS) is 14.6. The average molecular weight is 226 g/mol. The van der Waals surface area contributed by atoms with Crippen molar-refractivity contribution in [3.05, 3.63) is 0 Å². The van der Waals surface area contributed by atoms with E-state index in [9.17, 15) is 13.2 Å². The van der Waals surface area contributed by atoms with Crippen LogP contribution in [-0.4, -0.2) is 17.9 Å². The van der Waals surface area contributed by atoms with E-state index in [1.807, 2.05) is 13.8 Å². The van der Waals surface area contributed by atoms with Crippen LogP contribution in [0.5, 0.6) is 0 Å². The highest BCUT2D eigenvalue weighted by Crippen LogP contribution is 2.33. The quantitative estimate of drug-likeness (QED) is 0.700. The summed E-state index contributed by atoms with van der Waals surface area (Å²) in [5.74, 6) is -0.614. The predicted molar refractivity (Wildman–Crippen MR) is 54.6 cm³/mol. The lowest BCUT2D eigenvalue weighted by Crippen LogP contribution is -2.25. The number of hydrogen-bond donors (Lipinski definition) is 1. The molecule has 0 saturated heterocycles. The van der Waals surface area contributed by atoms with Gasteiger partial charge in [0, 0.05) is 13.0 Å². The smallest absolute Gasteiger partial charge is 0.389 e. The van der Waals surface area contributed by atoms with Crippen molar-refractivity contribution in [1.29, 1.82) is 0 Å². The first-order chi connectivity index (χ1) is 6.94. The van der Waals surface area contributed by atoms with Gasteiger partial charge in [0.05, 0.1) is 0 Å². The van der Waals surface area contributed by atoms with Crippen LogP contribution in [0, 0.1) is 11.8 Å². The Bertz CT molecular complexity index is 150. The third kappa shape index (κ3) is 6.77. The van der Waals surface area contributed by atoms with E-state index in [-0.39, 0.29) is 12.5 Å². The molecule has 0 saturated carbocycles. The minimum Gasteiger partial charge on any atom is -0.396 e. The van der Waals surface area contributed by atoms with Gasteiger partial charge in [-0.3, -0.25) is 0 Å². The van der Waals surface area contributed by atoms with Gasteiger partial charge in [-0.25, -0.2) is 0 Å². The zero-order valence-electron chi connectivity index (χ0n) is 9.48. The fourth-order valence-electron chi connectivity index (χ4n) is 2.03. The molecule has 1 N–H and O–H groups in total. The van der Waals surface area contributed by atoms with Crippen LogP contribution in [0.1, 0.15) is 46.0 Å².